The molecule has 1 heterocycles. The summed E-state index contributed by atoms with van der Waals surface area (Å²) in [6.45, 7) is 2.44. The fraction of sp³-hybridized carbons (Fsp3) is 0.500. The second kappa shape index (κ2) is 6.10. The maximum absolute atomic E-state index is 12.1. The molecule has 0 bridgehead atoms. The van der Waals surface area contributed by atoms with Crippen molar-refractivity contribution in [3.05, 3.63) is 27.7 Å². The molecule has 0 saturated carbocycles. The van der Waals surface area contributed by atoms with Crippen LogP contribution >= 0.6 is 27.5 Å². The number of nitrogens with zero attached hydrogens (tertiary/aromatic N) is 1. The molecule has 0 aliphatic carbocycles. The van der Waals surface area contributed by atoms with Gasteiger partial charge in [-0.15, -0.1) is 0 Å². The number of benzene rings is 1. The summed E-state index contributed by atoms with van der Waals surface area (Å²) >= 11 is 9.09. The molecule has 0 spiro atoms. The van der Waals surface area contributed by atoms with E-state index in [0.29, 0.717) is 22.0 Å². The van der Waals surface area contributed by atoms with Crippen molar-refractivity contribution in [3.63, 3.8) is 0 Å². The van der Waals surface area contributed by atoms with Crippen molar-refractivity contribution in [2.45, 2.75) is 11.3 Å². The van der Waals surface area contributed by atoms with Crippen molar-refractivity contribution in [1.29, 1.82) is 0 Å². The van der Waals surface area contributed by atoms with Crippen LogP contribution < -0.4 is 4.72 Å². The van der Waals surface area contributed by atoms with Crippen LogP contribution in [-0.4, -0.2) is 40.0 Å². The lowest BCUT2D eigenvalue weighted by Crippen LogP contribution is -2.30. The minimum atomic E-state index is -3.46. The lowest BCUT2D eigenvalue weighted by atomic mass is 10.1. The normalized spacial score (nSPS) is 20.9. The predicted octanol–water partition coefficient (Wildman–Crippen LogP) is 2.33. The Balaban J connectivity index is 2.03. The summed E-state index contributed by atoms with van der Waals surface area (Å²) < 4.78 is 27.5. The second-order valence-corrected chi connectivity index (χ2v) is 7.87. The number of halogens is 2. The lowest BCUT2D eigenvalue weighted by molar-refractivity contribution is 0.394. The van der Waals surface area contributed by atoms with E-state index in [0.717, 1.165) is 19.5 Å². The Bertz CT molecular complexity index is 565. The third kappa shape index (κ3) is 3.92. The molecular weight excluding hydrogens is 352 g/mol. The Morgan fingerprint density at radius 2 is 2.26 bits per heavy atom. The van der Waals surface area contributed by atoms with Gasteiger partial charge in [-0.1, -0.05) is 11.6 Å². The van der Waals surface area contributed by atoms with E-state index < -0.39 is 10.0 Å². The van der Waals surface area contributed by atoms with Crippen LogP contribution in [0, 0.1) is 5.92 Å². The van der Waals surface area contributed by atoms with E-state index in [1.165, 1.54) is 12.1 Å². The lowest BCUT2D eigenvalue weighted by Gasteiger charge is -2.12. The van der Waals surface area contributed by atoms with Gasteiger partial charge in [0.15, 0.2) is 0 Å². The van der Waals surface area contributed by atoms with Gasteiger partial charge >= 0.3 is 0 Å². The third-order valence-electron chi connectivity index (χ3n) is 3.25. The molecule has 0 aromatic heterocycles. The van der Waals surface area contributed by atoms with Crippen LogP contribution in [0.2, 0.25) is 5.02 Å². The zero-order valence-corrected chi connectivity index (χ0v) is 13.7. The highest BCUT2D eigenvalue weighted by Crippen LogP contribution is 2.25. The molecule has 7 heteroatoms. The van der Waals surface area contributed by atoms with Gasteiger partial charge in [0.05, 0.1) is 9.92 Å². The van der Waals surface area contributed by atoms with E-state index >= 15 is 0 Å². The molecule has 106 valence electrons. The highest BCUT2D eigenvalue weighted by atomic mass is 79.9. The first-order valence-electron chi connectivity index (χ1n) is 6.02. The number of likely N-dealkylation sites (tertiary alicyclic amines) is 1. The van der Waals surface area contributed by atoms with Crippen LogP contribution in [-0.2, 0) is 10.0 Å². The van der Waals surface area contributed by atoms with Gasteiger partial charge in [0.2, 0.25) is 10.0 Å². The number of sulfonamides is 1. The van der Waals surface area contributed by atoms with E-state index in [2.05, 4.69) is 25.6 Å². The van der Waals surface area contributed by atoms with Crippen LogP contribution in [0.5, 0.6) is 0 Å². The predicted molar refractivity (Wildman–Crippen MR) is 79.9 cm³/mol. The molecule has 4 nitrogen and oxygen atoms in total. The van der Waals surface area contributed by atoms with E-state index in [9.17, 15) is 8.42 Å². The van der Waals surface area contributed by atoms with Gasteiger partial charge in [-0.3, -0.25) is 0 Å². The van der Waals surface area contributed by atoms with Crippen molar-refractivity contribution in [2.24, 2.45) is 5.92 Å². The van der Waals surface area contributed by atoms with Crippen LogP contribution in [0.3, 0.4) is 0 Å². The SMILES string of the molecule is CN1CCC(CNS(=O)(=O)c2ccc(Cl)c(Br)c2)C1. The zero-order chi connectivity index (χ0) is 14.0. The summed E-state index contributed by atoms with van der Waals surface area (Å²) in [7, 11) is -1.42. The summed E-state index contributed by atoms with van der Waals surface area (Å²) in [6.07, 6.45) is 1.03. The molecule has 2 rings (SSSR count). The Morgan fingerprint density at radius 3 is 2.84 bits per heavy atom. The van der Waals surface area contributed by atoms with Crippen molar-refractivity contribution in [3.8, 4) is 0 Å². The topological polar surface area (TPSA) is 49.4 Å². The smallest absolute Gasteiger partial charge is 0.240 e. The van der Waals surface area contributed by atoms with E-state index in [4.69, 9.17) is 11.6 Å². The largest absolute Gasteiger partial charge is 0.306 e. The highest BCUT2D eigenvalue weighted by molar-refractivity contribution is 9.10. The van der Waals surface area contributed by atoms with Gasteiger partial charge in [-0.05, 0) is 60.1 Å². The Hall–Kier alpha value is -0.140. The van der Waals surface area contributed by atoms with Gasteiger partial charge < -0.3 is 4.90 Å². The summed E-state index contributed by atoms with van der Waals surface area (Å²) in [5.74, 6) is 0.385. The number of hydrogen-bond acceptors (Lipinski definition) is 3. The first kappa shape index (κ1) is 15.3. The van der Waals surface area contributed by atoms with Crippen molar-refractivity contribution >= 4 is 37.6 Å². The Labute approximate surface area is 127 Å². The van der Waals surface area contributed by atoms with Gasteiger partial charge in [0, 0.05) is 17.6 Å². The van der Waals surface area contributed by atoms with Crippen molar-refractivity contribution in [1.82, 2.24) is 9.62 Å². The summed E-state index contributed by atoms with van der Waals surface area (Å²) in [6, 6.07) is 4.60. The molecule has 0 radical (unpaired) electrons. The van der Waals surface area contributed by atoms with Crippen molar-refractivity contribution in [2.75, 3.05) is 26.7 Å². The summed E-state index contributed by atoms with van der Waals surface area (Å²) in [5, 5.41) is 0.497. The van der Waals surface area contributed by atoms with Gasteiger partial charge in [0.1, 0.15) is 0 Å². The van der Waals surface area contributed by atoms with Gasteiger partial charge in [-0.25, -0.2) is 13.1 Å². The quantitative estimate of drug-likeness (QED) is 0.888. The monoisotopic (exact) mass is 366 g/mol. The molecule has 1 fully saturated rings. The maximum Gasteiger partial charge on any atom is 0.240 e. The Morgan fingerprint density at radius 1 is 1.53 bits per heavy atom. The molecule has 1 aliphatic heterocycles. The molecule has 1 aromatic carbocycles. The fourth-order valence-corrected chi connectivity index (χ4v) is 3.94. The molecular formula is C12H16BrClN2O2S. The summed E-state index contributed by atoms with van der Waals surface area (Å²) in [4.78, 5) is 2.44. The maximum atomic E-state index is 12.1. The standard InChI is InChI=1S/C12H16BrClN2O2S/c1-16-5-4-9(8-16)7-15-19(17,18)10-2-3-12(14)11(13)6-10/h2-3,6,9,15H,4-5,7-8H2,1H3. The van der Waals surface area contributed by atoms with Gasteiger partial charge in [-0.2, -0.15) is 0 Å². The zero-order valence-electron chi connectivity index (χ0n) is 10.6. The molecule has 1 saturated heterocycles. The minimum Gasteiger partial charge on any atom is -0.306 e. The van der Waals surface area contributed by atoms with Crippen LogP contribution in [0.1, 0.15) is 6.42 Å². The fourth-order valence-electron chi connectivity index (χ4n) is 2.15. The molecule has 19 heavy (non-hydrogen) atoms. The third-order valence-corrected chi connectivity index (χ3v) is 5.89. The van der Waals surface area contributed by atoms with E-state index in [1.54, 1.807) is 6.07 Å². The van der Waals surface area contributed by atoms with E-state index in [-0.39, 0.29) is 4.90 Å². The average Bonchev–Trinajstić information content (AvgIpc) is 2.76. The Kier molecular flexibility index (Phi) is 4.89. The number of rotatable bonds is 4. The first-order valence-corrected chi connectivity index (χ1v) is 8.67. The minimum absolute atomic E-state index is 0.232. The average molecular weight is 368 g/mol. The summed E-state index contributed by atoms with van der Waals surface area (Å²) in [5.41, 5.74) is 0. The molecule has 1 unspecified atom stereocenters. The van der Waals surface area contributed by atoms with Gasteiger partial charge in [0.25, 0.3) is 0 Å². The number of nitrogens with one attached hydrogen (secondary N) is 1. The van der Waals surface area contributed by atoms with Crippen LogP contribution in [0.15, 0.2) is 27.6 Å². The second-order valence-electron chi connectivity index (χ2n) is 4.84. The first-order chi connectivity index (χ1) is 8.88. The molecule has 1 N–H and O–H groups in total. The highest BCUT2D eigenvalue weighted by Gasteiger charge is 2.22. The molecule has 1 aliphatic rings. The molecule has 1 aromatic rings. The number of hydrogen-bond donors (Lipinski definition) is 1. The van der Waals surface area contributed by atoms with Crippen LogP contribution in [0.25, 0.3) is 0 Å². The van der Waals surface area contributed by atoms with E-state index in [1.807, 2.05) is 7.05 Å². The molecule has 1 atom stereocenters. The van der Waals surface area contributed by atoms with Crippen molar-refractivity contribution < 1.29 is 8.42 Å². The van der Waals surface area contributed by atoms with Crippen LogP contribution in [0.4, 0.5) is 0 Å². The molecule has 0 amide bonds.